The van der Waals surface area contributed by atoms with Gasteiger partial charge in [-0.3, -0.25) is 4.79 Å². The SMILES string of the molecule is COc1cc(F)c(Br)cc1C(=O)C1CCCC1(C)C. The maximum absolute atomic E-state index is 13.5. The minimum atomic E-state index is -0.418. The van der Waals surface area contributed by atoms with Gasteiger partial charge in [0.25, 0.3) is 0 Å². The van der Waals surface area contributed by atoms with E-state index in [-0.39, 0.29) is 17.1 Å². The molecule has 1 unspecified atom stereocenters. The maximum Gasteiger partial charge on any atom is 0.170 e. The molecule has 1 atom stereocenters. The van der Waals surface area contributed by atoms with Crippen LogP contribution in [-0.2, 0) is 0 Å². The lowest BCUT2D eigenvalue weighted by molar-refractivity contribution is 0.0836. The number of ketones is 1. The molecule has 1 aliphatic rings. The summed E-state index contributed by atoms with van der Waals surface area (Å²) in [6.45, 7) is 4.24. The number of halogens is 2. The number of Topliss-reactive ketones (excluding diaryl/α,β-unsaturated/α-hetero) is 1. The number of carbonyl (C=O) groups excluding carboxylic acids is 1. The lowest BCUT2D eigenvalue weighted by atomic mass is 9.77. The van der Waals surface area contributed by atoms with Crippen LogP contribution in [0.2, 0.25) is 0 Å². The standard InChI is InChI=1S/C15H18BrFO2/c1-15(2)6-4-5-10(15)14(18)9-7-11(16)12(17)8-13(9)19-3/h7-8,10H,4-6H2,1-3H3. The number of ether oxygens (including phenoxy) is 1. The molecule has 0 aromatic heterocycles. The van der Waals surface area contributed by atoms with Crippen molar-refractivity contribution in [2.75, 3.05) is 7.11 Å². The minimum Gasteiger partial charge on any atom is -0.496 e. The van der Waals surface area contributed by atoms with Crippen molar-refractivity contribution in [3.8, 4) is 5.75 Å². The van der Waals surface area contributed by atoms with Crippen molar-refractivity contribution < 1.29 is 13.9 Å². The van der Waals surface area contributed by atoms with E-state index in [0.29, 0.717) is 15.8 Å². The third-order valence-electron chi connectivity index (χ3n) is 4.08. The monoisotopic (exact) mass is 328 g/mol. The molecule has 0 N–H and O–H groups in total. The van der Waals surface area contributed by atoms with Crippen LogP contribution in [0, 0.1) is 17.2 Å². The van der Waals surface area contributed by atoms with Crippen molar-refractivity contribution in [3.05, 3.63) is 28.0 Å². The van der Waals surface area contributed by atoms with E-state index in [0.717, 1.165) is 19.3 Å². The molecule has 0 radical (unpaired) electrons. The first-order valence-corrected chi connectivity index (χ1v) is 7.23. The smallest absolute Gasteiger partial charge is 0.170 e. The first-order chi connectivity index (χ1) is 8.86. The van der Waals surface area contributed by atoms with E-state index in [1.165, 1.54) is 19.2 Å². The molecule has 2 rings (SSSR count). The zero-order valence-corrected chi connectivity index (χ0v) is 13.0. The highest BCUT2D eigenvalue weighted by Crippen LogP contribution is 2.45. The third-order valence-corrected chi connectivity index (χ3v) is 4.69. The fourth-order valence-electron chi connectivity index (χ4n) is 2.89. The Kier molecular flexibility index (Phi) is 4.00. The van der Waals surface area contributed by atoms with Crippen LogP contribution in [-0.4, -0.2) is 12.9 Å². The Hall–Kier alpha value is -0.900. The minimum absolute atomic E-state index is 0.00293. The van der Waals surface area contributed by atoms with Crippen LogP contribution in [0.25, 0.3) is 0 Å². The van der Waals surface area contributed by atoms with Crippen LogP contribution in [0.4, 0.5) is 4.39 Å². The Labute approximate surface area is 121 Å². The van der Waals surface area contributed by atoms with E-state index in [9.17, 15) is 9.18 Å². The summed E-state index contributed by atoms with van der Waals surface area (Å²) in [5.74, 6) is -0.0636. The van der Waals surface area contributed by atoms with Crippen molar-refractivity contribution >= 4 is 21.7 Å². The van der Waals surface area contributed by atoms with Gasteiger partial charge in [0, 0.05) is 12.0 Å². The Morgan fingerprint density at radius 2 is 2.16 bits per heavy atom. The van der Waals surface area contributed by atoms with Gasteiger partial charge in [0.1, 0.15) is 11.6 Å². The number of benzene rings is 1. The molecule has 0 amide bonds. The molecule has 0 aliphatic heterocycles. The summed E-state index contributed by atoms with van der Waals surface area (Å²) in [6.07, 6.45) is 3.01. The third kappa shape index (κ3) is 2.69. The van der Waals surface area contributed by atoms with Gasteiger partial charge in [-0.25, -0.2) is 4.39 Å². The van der Waals surface area contributed by atoms with E-state index in [1.807, 2.05) is 0 Å². The van der Waals surface area contributed by atoms with Crippen molar-refractivity contribution in [3.63, 3.8) is 0 Å². The highest BCUT2D eigenvalue weighted by atomic mass is 79.9. The molecule has 1 aliphatic carbocycles. The van der Waals surface area contributed by atoms with Crippen LogP contribution in [0.1, 0.15) is 43.5 Å². The summed E-state index contributed by atoms with van der Waals surface area (Å²) in [7, 11) is 1.46. The first kappa shape index (κ1) is 14.5. The Bertz CT molecular complexity index is 511. The van der Waals surface area contributed by atoms with Gasteiger partial charge in [-0.15, -0.1) is 0 Å². The average Bonchev–Trinajstić information content (AvgIpc) is 2.71. The molecule has 1 saturated carbocycles. The number of hydrogen-bond donors (Lipinski definition) is 0. The molecule has 104 valence electrons. The highest BCUT2D eigenvalue weighted by Gasteiger charge is 2.40. The number of hydrogen-bond acceptors (Lipinski definition) is 2. The fourth-order valence-corrected chi connectivity index (χ4v) is 3.23. The second-order valence-corrected chi connectivity index (χ2v) is 6.62. The molecule has 4 heteroatoms. The number of carbonyl (C=O) groups is 1. The summed E-state index contributed by atoms with van der Waals surface area (Å²) in [5, 5.41) is 0. The van der Waals surface area contributed by atoms with E-state index in [1.54, 1.807) is 0 Å². The molecule has 1 fully saturated rings. The highest BCUT2D eigenvalue weighted by molar-refractivity contribution is 9.10. The lowest BCUT2D eigenvalue weighted by Crippen LogP contribution is -2.26. The predicted octanol–water partition coefficient (Wildman–Crippen LogP) is 4.61. The van der Waals surface area contributed by atoms with Crippen LogP contribution >= 0.6 is 15.9 Å². The quantitative estimate of drug-likeness (QED) is 0.757. The van der Waals surface area contributed by atoms with Gasteiger partial charge in [-0.1, -0.05) is 20.3 Å². The molecule has 0 saturated heterocycles. The second kappa shape index (κ2) is 5.23. The number of rotatable bonds is 3. The van der Waals surface area contributed by atoms with Gasteiger partial charge < -0.3 is 4.74 Å². The van der Waals surface area contributed by atoms with E-state index >= 15 is 0 Å². The van der Waals surface area contributed by atoms with Gasteiger partial charge in [-0.05, 0) is 40.3 Å². The van der Waals surface area contributed by atoms with Gasteiger partial charge in [0.05, 0.1) is 17.1 Å². The molecule has 0 heterocycles. The predicted molar refractivity (Wildman–Crippen MR) is 76.1 cm³/mol. The van der Waals surface area contributed by atoms with Crippen LogP contribution < -0.4 is 4.74 Å². The Balaban J connectivity index is 2.41. The Morgan fingerprint density at radius 3 is 2.68 bits per heavy atom. The largest absolute Gasteiger partial charge is 0.496 e. The summed E-state index contributed by atoms with van der Waals surface area (Å²) in [6, 6.07) is 2.80. The topological polar surface area (TPSA) is 26.3 Å². The zero-order chi connectivity index (χ0) is 14.2. The summed E-state index contributed by atoms with van der Waals surface area (Å²) >= 11 is 3.13. The van der Waals surface area contributed by atoms with Crippen molar-refractivity contribution in [1.82, 2.24) is 0 Å². The first-order valence-electron chi connectivity index (χ1n) is 6.44. The average molecular weight is 329 g/mol. The summed E-state index contributed by atoms with van der Waals surface area (Å²) < 4.78 is 18.9. The molecule has 1 aromatic carbocycles. The van der Waals surface area contributed by atoms with Crippen LogP contribution in [0.3, 0.4) is 0 Å². The van der Waals surface area contributed by atoms with Gasteiger partial charge in [0.15, 0.2) is 5.78 Å². The lowest BCUT2D eigenvalue weighted by Gasteiger charge is -2.26. The van der Waals surface area contributed by atoms with Crippen molar-refractivity contribution in [2.24, 2.45) is 11.3 Å². The van der Waals surface area contributed by atoms with E-state index in [2.05, 4.69) is 29.8 Å². The van der Waals surface area contributed by atoms with E-state index < -0.39 is 5.82 Å². The second-order valence-electron chi connectivity index (χ2n) is 5.76. The van der Waals surface area contributed by atoms with E-state index in [4.69, 9.17) is 4.74 Å². The molecular formula is C15H18BrFO2. The van der Waals surface area contributed by atoms with Gasteiger partial charge in [-0.2, -0.15) is 0 Å². The molecule has 19 heavy (non-hydrogen) atoms. The molecule has 2 nitrogen and oxygen atoms in total. The van der Waals surface area contributed by atoms with Crippen molar-refractivity contribution in [2.45, 2.75) is 33.1 Å². The number of methoxy groups -OCH3 is 1. The molecule has 1 aromatic rings. The molecular weight excluding hydrogens is 311 g/mol. The fraction of sp³-hybridized carbons (Fsp3) is 0.533. The van der Waals surface area contributed by atoms with Crippen LogP contribution in [0.5, 0.6) is 5.75 Å². The molecule has 0 spiro atoms. The normalized spacial score (nSPS) is 21.4. The van der Waals surface area contributed by atoms with Crippen molar-refractivity contribution in [1.29, 1.82) is 0 Å². The Morgan fingerprint density at radius 1 is 1.47 bits per heavy atom. The summed E-state index contributed by atoms with van der Waals surface area (Å²) in [5.41, 5.74) is 0.471. The zero-order valence-electron chi connectivity index (χ0n) is 11.4. The van der Waals surface area contributed by atoms with Gasteiger partial charge >= 0.3 is 0 Å². The van der Waals surface area contributed by atoms with Crippen LogP contribution in [0.15, 0.2) is 16.6 Å². The summed E-state index contributed by atoms with van der Waals surface area (Å²) in [4.78, 5) is 12.7. The van der Waals surface area contributed by atoms with Gasteiger partial charge in [0.2, 0.25) is 0 Å². The maximum atomic E-state index is 13.5. The molecule has 0 bridgehead atoms.